The van der Waals surface area contributed by atoms with E-state index in [9.17, 15) is 4.79 Å². The highest BCUT2D eigenvalue weighted by atomic mass is 16.1. The third kappa shape index (κ3) is 3.08. The standard InChI is InChI=1S/C13H21N3O/c1-10-12(9-15-16(10)2)6-7-13(17)14-8-11-4-3-5-11/h9,11H,3-8H2,1-2H3,(H,14,17). The number of carbonyl (C=O) groups excluding carboxylic acids is 1. The van der Waals surface area contributed by atoms with Crippen molar-refractivity contribution >= 4 is 5.91 Å². The van der Waals surface area contributed by atoms with Crippen LogP contribution in [0.4, 0.5) is 0 Å². The van der Waals surface area contributed by atoms with Gasteiger partial charge in [-0.15, -0.1) is 0 Å². The molecule has 17 heavy (non-hydrogen) atoms. The Labute approximate surface area is 102 Å². The van der Waals surface area contributed by atoms with E-state index in [1.807, 2.05) is 24.9 Å². The van der Waals surface area contributed by atoms with Crippen LogP contribution in [0.2, 0.25) is 0 Å². The summed E-state index contributed by atoms with van der Waals surface area (Å²) >= 11 is 0. The molecule has 1 aromatic heterocycles. The fourth-order valence-corrected chi connectivity index (χ4v) is 2.08. The number of carbonyl (C=O) groups is 1. The lowest BCUT2D eigenvalue weighted by Gasteiger charge is -2.25. The predicted octanol–water partition coefficient (Wildman–Crippen LogP) is 1.58. The van der Waals surface area contributed by atoms with Gasteiger partial charge in [-0.2, -0.15) is 5.10 Å². The SMILES string of the molecule is Cc1c(CCC(=O)NCC2CCC2)cnn1C. The first-order valence-electron chi connectivity index (χ1n) is 6.41. The molecule has 1 aromatic rings. The largest absolute Gasteiger partial charge is 0.356 e. The molecule has 0 atom stereocenters. The molecule has 94 valence electrons. The molecule has 0 unspecified atom stereocenters. The molecule has 4 nitrogen and oxygen atoms in total. The van der Waals surface area contributed by atoms with Gasteiger partial charge in [0.1, 0.15) is 0 Å². The second-order valence-electron chi connectivity index (χ2n) is 4.98. The van der Waals surface area contributed by atoms with Gasteiger partial charge in [-0.25, -0.2) is 0 Å². The maximum Gasteiger partial charge on any atom is 0.220 e. The number of nitrogens with one attached hydrogen (secondary N) is 1. The molecule has 0 saturated heterocycles. The third-order valence-electron chi connectivity index (χ3n) is 3.77. The average Bonchev–Trinajstić information content (AvgIpc) is 2.55. The van der Waals surface area contributed by atoms with Crippen LogP contribution in [0, 0.1) is 12.8 Å². The molecule has 1 aliphatic rings. The molecule has 1 saturated carbocycles. The first-order valence-corrected chi connectivity index (χ1v) is 6.41. The van der Waals surface area contributed by atoms with E-state index in [-0.39, 0.29) is 5.91 Å². The number of amides is 1. The minimum atomic E-state index is 0.167. The second-order valence-corrected chi connectivity index (χ2v) is 4.98. The highest BCUT2D eigenvalue weighted by Crippen LogP contribution is 2.25. The third-order valence-corrected chi connectivity index (χ3v) is 3.77. The zero-order valence-electron chi connectivity index (χ0n) is 10.7. The van der Waals surface area contributed by atoms with Gasteiger partial charge >= 0.3 is 0 Å². The van der Waals surface area contributed by atoms with Crippen LogP contribution in [-0.4, -0.2) is 22.2 Å². The van der Waals surface area contributed by atoms with Gasteiger partial charge < -0.3 is 5.32 Å². The van der Waals surface area contributed by atoms with Crippen molar-refractivity contribution in [1.82, 2.24) is 15.1 Å². The minimum absolute atomic E-state index is 0.167. The topological polar surface area (TPSA) is 46.9 Å². The summed E-state index contributed by atoms with van der Waals surface area (Å²) in [4.78, 5) is 11.6. The quantitative estimate of drug-likeness (QED) is 0.842. The van der Waals surface area contributed by atoms with E-state index < -0.39 is 0 Å². The maximum atomic E-state index is 11.6. The van der Waals surface area contributed by atoms with Gasteiger partial charge in [0.15, 0.2) is 0 Å². The molecule has 1 amide bonds. The monoisotopic (exact) mass is 235 g/mol. The molecule has 2 rings (SSSR count). The Hall–Kier alpha value is -1.32. The minimum Gasteiger partial charge on any atom is -0.356 e. The van der Waals surface area contributed by atoms with Crippen molar-refractivity contribution in [2.24, 2.45) is 13.0 Å². The first kappa shape index (κ1) is 12.1. The Morgan fingerprint density at radius 1 is 1.59 bits per heavy atom. The van der Waals surface area contributed by atoms with Crippen LogP contribution in [0.25, 0.3) is 0 Å². The summed E-state index contributed by atoms with van der Waals surface area (Å²) in [5.74, 6) is 0.902. The summed E-state index contributed by atoms with van der Waals surface area (Å²) in [6.07, 6.45) is 7.10. The summed E-state index contributed by atoms with van der Waals surface area (Å²) in [5, 5.41) is 7.19. The number of aromatic nitrogens is 2. The van der Waals surface area contributed by atoms with Gasteiger partial charge in [-0.3, -0.25) is 9.48 Å². The zero-order valence-corrected chi connectivity index (χ0v) is 10.7. The molecule has 0 spiro atoms. The predicted molar refractivity (Wildman–Crippen MR) is 66.6 cm³/mol. The Morgan fingerprint density at radius 2 is 2.35 bits per heavy atom. The smallest absolute Gasteiger partial charge is 0.220 e. The molecule has 0 bridgehead atoms. The highest BCUT2D eigenvalue weighted by molar-refractivity contribution is 5.76. The van der Waals surface area contributed by atoms with E-state index in [0.717, 1.165) is 24.6 Å². The fraction of sp³-hybridized carbons (Fsp3) is 0.692. The first-order chi connectivity index (χ1) is 8.16. The Bertz CT molecular complexity index is 393. The Morgan fingerprint density at radius 3 is 2.88 bits per heavy atom. The van der Waals surface area contributed by atoms with Crippen molar-refractivity contribution in [3.63, 3.8) is 0 Å². The Balaban J connectivity index is 1.70. The molecule has 4 heteroatoms. The van der Waals surface area contributed by atoms with Crippen LogP contribution >= 0.6 is 0 Å². The lowest BCUT2D eigenvalue weighted by atomic mass is 9.85. The number of hydrogen-bond acceptors (Lipinski definition) is 2. The van der Waals surface area contributed by atoms with Crippen LogP contribution in [0.15, 0.2) is 6.20 Å². The average molecular weight is 235 g/mol. The molecule has 0 aromatic carbocycles. The fourth-order valence-electron chi connectivity index (χ4n) is 2.08. The van der Waals surface area contributed by atoms with Gasteiger partial charge in [-0.1, -0.05) is 6.42 Å². The Kier molecular flexibility index (Phi) is 3.82. The summed E-state index contributed by atoms with van der Waals surface area (Å²) in [7, 11) is 1.93. The van der Waals surface area contributed by atoms with Crippen molar-refractivity contribution in [1.29, 1.82) is 0 Å². The van der Waals surface area contributed by atoms with Crippen LogP contribution < -0.4 is 5.32 Å². The summed E-state index contributed by atoms with van der Waals surface area (Å²) < 4.78 is 1.85. The number of hydrogen-bond donors (Lipinski definition) is 1. The van der Waals surface area contributed by atoms with E-state index in [1.54, 1.807) is 0 Å². The highest BCUT2D eigenvalue weighted by Gasteiger charge is 2.17. The number of nitrogens with zero attached hydrogens (tertiary/aromatic N) is 2. The van der Waals surface area contributed by atoms with Gasteiger partial charge in [-0.05, 0) is 37.7 Å². The van der Waals surface area contributed by atoms with Gasteiger partial charge in [0.05, 0.1) is 6.20 Å². The number of rotatable bonds is 5. The van der Waals surface area contributed by atoms with E-state index >= 15 is 0 Å². The van der Waals surface area contributed by atoms with Crippen molar-refractivity contribution in [3.8, 4) is 0 Å². The van der Waals surface area contributed by atoms with Crippen molar-refractivity contribution in [3.05, 3.63) is 17.5 Å². The molecule has 1 heterocycles. The second kappa shape index (κ2) is 5.34. The lowest BCUT2D eigenvalue weighted by molar-refractivity contribution is -0.121. The van der Waals surface area contributed by atoms with E-state index in [0.29, 0.717) is 6.42 Å². The summed E-state index contributed by atoms with van der Waals surface area (Å²) in [6.45, 7) is 2.90. The normalized spacial score (nSPS) is 15.6. The molecule has 1 aliphatic carbocycles. The number of aryl methyl sites for hydroxylation is 2. The molecule has 1 fully saturated rings. The van der Waals surface area contributed by atoms with Crippen molar-refractivity contribution in [2.75, 3.05) is 6.54 Å². The van der Waals surface area contributed by atoms with E-state index in [1.165, 1.54) is 24.8 Å². The summed E-state index contributed by atoms with van der Waals surface area (Å²) in [6, 6.07) is 0. The van der Waals surface area contributed by atoms with Crippen molar-refractivity contribution in [2.45, 2.75) is 39.0 Å². The zero-order chi connectivity index (χ0) is 12.3. The van der Waals surface area contributed by atoms with Gasteiger partial charge in [0.2, 0.25) is 5.91 Å². The van der Waals surface area contributed by atoms with Gasteiger partial charge in [0, 0.05) is 25.7 Å². The molecule has 0 aliphatic heterocycles. The lowest BCUT2D eigenvalue weighted by Crippen LogP contribution is -2.32. The molecular formula is C13H21N3O. The molecular weight excluding hydrogens is 214 g/mol. The summed E-state index contributed by atoms with van der Waals surface area (Å²) in [5.41, 5.74) is 2.32. The molecule has 0 radical (unpaired) electrons. The van der Waals surface area contributed by atoms with Crippen molar-refractivity contribution < 1.29 is 4.79 Å². The van der Waals surface area contributed by atoms with Gasteiger partial charge in [0.25, 0.3) is 0 Å². The molecule has 1 N–H and O–H groups in total. The van der Waals surface area contributed by atoms with Crippen LogP contribution in [0.3, 0.4) is 0 Å². The van der Waals surface area contributed by atoms with Crippen LogP contribution in [0.5, 0.6) is 0 Å². The van der Waals surface area contributed by atoms with Crippen LogP contribution in [-0.2, 0) is 18.3 Å². The van der Waals surface area contributed by atoms with E-state index in [4.69, 9.17) is 0 Å². The van der Waals surface area contributed by atoms with E-state index in [2.05, 4.69) is 10.4 Å². The van der Waals surface area contributed by atoms with Crippen LogP contribution in [0.1, 0.15) is 36.9 Å². The maximum absolute atomic E-state index is 11.6.